The summed E-state index contributed by atoms with van der Waals surface area (Å²) < 4.78 is 10.9. The van der Waals surface area contributed by atoms with Crippen molar-refractivity contribution in [1.29, 1.82) is 0 Å². The van der Waals surface area contributed by atoms with Gasteiger partial charge in [-0.3, -0.25) is 0 Å². The number of hydrogen-bond donors (Lipinski definition) is 1. The zero-order chi connectivity index (χ0) is 15.8. The molecule has 1 N–H and O–H groups in total. The molecule has 0 radical (unpaired) electrons. The smallest absolute Gasteiger partial charge is 0.179 e. The minimum Gasteiger partial charge on any atom is -0.491 e. The van der Waals surface area contributed by atoms with E-state index >= 15 is 0 Å². The quantitative estimate of drug-likeness (QED) is 0.772. The predicted octanol–water partition coefficient (Wildman–Crippen LogP) is 4.40. The zero-order valence-corrected chi connectivity index (χ0v) is 14.4. The molecule has 0 spiro atoms. The van der Waals surface area contributed by atoms with Crippen molar-refractivity contribution in [2.24, 2.45) is 5.92 Å². The maximum absolute atomic E-state index is 6.25. The van der Waals surface area contributed by atoms with Gasteiger partial charge in [-0.05, 0) is 44.0 Å². The van der Waals surface area contributed by atoms with Crippen molar-refractivity contribution in [2.75, 3.05) is 26.8 Å². The highest BCUT2D eigenvalue weighted by Gasteiger charge is 2.10. The van der Waals surface area contributed by atoms with Crippen molar-refractivity contribution in [3.63, 3.8) is 0 Å². The average molecular weight is 312 g/mol. The van der Waals surface area contributed by atoms with Crippen LogP contribution in [-0.4, -0.2) is 26.8 Å². The number of benzene rings is 1. The lowest BCUT2D eigenvalue weighted by Gasteiger charge is -2.12. The molecule has 0 amide bonds. The van der Waals surface area contributed by atoms with Gasteiger partial charge in [0, 0.05) is 6.54 Å². The standard InChI is InChI=1S/C17H26ClNO2/c1-6-21-16-9-14(8-15(18)17(16)20-5)7-13(4)11-19-10-12(2)3/h7-9,12,19H,6,10-11H2,1-5H3. The van der Waals surface area contributed by atoms with E-state index < -0.39 is 0 Å². The van der Waals surface area contributed by atoms with Crippen LogP contribution in [-0.2, 0) is 0 Å². The average Bonchev–Trinajstić information content (AvgIpc) is 2.38. The van der Waals surface area contributed by atoms with E-state index in [9.17, 15) is 0 Å². The minimum atomic E-state index is 0.567. The lowest BCUT2D eigenvalue weighted by molar-refractivity contribution is 0.311. The molecule has 0 fully saturated rings. The van der Waals surface area contributed by atoms with E-state index in [1.807, 2.05) is 19.1 Å². The molecule has 0 saturated heterocycles. The third-order valence-electron chi connectivity index (χ3n) is 2.91. The molecule has 0 aliphatic rings. The third-order valence-corrected chi connectivity index (χ3v) is 3.19. The fourth-order valence-electron chi connectivity index (χ4n) is 2.03. The molecule has 0 bridgehead atoms. The lowest BCUT2D eigenvalue weighted by atomic mass is 10.1. The van der Waals surface area contributed by atoms with E-state index in [0.29, 0.717) is 29.0 Å². The molecule has 0 aromatic heterocycles. The Balaban J connectivity index is 2.87. The normalized spacial score (nSPS) is 11.9. The van der Waals surface area contributed by atoms with Crippen LogP contribution in [0.2, 0.25) is 5.02 Å². The Morgan fingerprint density at radius 3 is 2.67 bits per heavy atom. The van der Waals surface area contributed by atoms with Crippen LogP contribution in [0.15, 0.2) is 17.7 Å². The Kier molecular flexibility index (Phi) is 7.62. The number of rotatable bonds is 8. The van der Waals surface area contributed by atoms with E-state index in [1.54, 1.807) is 7.11 Å². The minimum absolute atomic E-state index is 0.567. The summed E-state index contributed by atoms with van der Waals surface area (Å²) in [5.41, 5.74) is 2.27. The summed E-state index contributed by atoms with van der Waals surface area (Å²) in [4.78, 5) is 0. The van der Waals surface area contributed by atoms with Gasteiger partial charge in [-0.25, -0.2) is 0 Å². The van der Waals surface area contributed by atoms with Crippen LogP contribution in [0.3, 0.4) is 0 Å². The molecule has 0 aliphatic heterocycles. The second-order valence-electron chi connectivity index (χ2n) is 5.48. The number of ether oxygens (including phenoxy) is 2. The first-order chi connectivity index (χ1) is 9.97. The number of methoxy groups -OCH3 is 1. The van der Waals surface area contributed by atoms with Crippen LogP contribution in [0.1, 0.15) is 33.3 Å². The monoisotopic (exact) mass is 311 g/mol. The Morgan fingerprint density at radius 2 is 2.10 bits per heavy atom. The summed E-state index contributed by atoms with van der Waals surface area (Å²) in [5.74, 6) is 1.92. The van der Waals surface area contributed by atoms with Gasteiger partial charge in [-0.2, -0.15) is 0 Å². The molecule has 1 rings (SSSR count). The fraction of sp³-hybridized carbons (Fsp3) is 0.529. The zero-order valence-electron chi connectivity index (χ0n) is 13.6. The van der Waals surface area contributed by atoms with Crippen molar-refractivity contribution in [3.8, 4) is 11.5 Å². The van der Waals surface area contributed by atoms with Crippen molar-refractivity contribution < 1.29 is 9.47 Å². The fourth-order valence-corrected chi connectivity index (χ4v) is 2.32. The molecule has 1 aromatic rings. The van der Waals surface area contributed by atoms with Crippen LogP contribution < -0.4 is 14.8 Å². The molecule has 0 aliphatic carbocycles. The first-order valence-electron chi connectivity index (χ1n) is 7.36. The first-order valence-corrected chi connectivity index (χ1v) is 7.73. The van der Waals surface area contributed by atoms with E-state index in [-0.39, 0.29) is 0 Å². The van der Waals surface area contributed by atoms with Crippen molar-refractivity contribution >= 4 is 17.7 Å². The van der Waals surface area contributed by atoms with Gasteiger partial charge in [0.15, 0.2) is 11.5 Å². The maximum Gasteiger partial charge on any atom is 0.179 e. The van der Waals surface area contributed by atoms with Crippen LogP contribution in [0, 0.1) is 5.92 Å². The maximum atomic E-state index is 6.25. The van der Waals surface area contributed by atoms with Crippen molar-refractivity contribution in [1.82, 2.24) is 5.32 Å². The summed E-state index contributed by atoms with van der Waals surface area (Å²) in [5, 5.41) is 3.99. The lowest BCUT2D eigenvalue weighted by Crippen LogP contribution is -2.21. The Labute approximate surface area is 133 Å². The molecule has 4 heteroatoms. The first kappa shape index (κ1) is 17.9. The van der Waals surface area contributed by atoms with E-state index in [0.717, 1.165) is 18.7 Å². The summed E-state index contributed by atoms with van der Waals surface area (Å²) in [6, 6.07) is 3.86. The summed E-state index contributed by atoms with van der Waals surface area (Å²) in [7, 11) is 1.60. The molecule has 1 aromatic carbocycles. The number of halogens is 1. The molecule has 0 atom stereocenters. The van der Waals surface area contributed by atoms with Gasteiger partial charge in [-0.1, -0.05) is 37.1 Å². The van der Waals surface area contributed by atoms with Gasteiger partial charge in [0.05, 0.1) is 18.7 Å². The van der Waals surface area contributed by atoms with Gasteiger partial charge in [0.2, 0.25) is 0 Å². The summed E-state index contributed by atoms with van der Waals surface area (Å²) in [6.45, 7) is 10.9. The highest BCUT2D eigenvalue weighted by Crippen LogP contribution is 2.36. The Bertz CT molecular complexity index is 484. The number of nitrogens with one attached hydrogen (secondary N) is 1. The molecule has 0 unspecified atom stereocenters. The van der Waals surface area contributed by atoms with Gasteiger partial charge in [0.25, 0.3) is 0 Å². The van der Waals surface area contributed by atoms with Gasteiger partial charge in [-0.15, -0.1) is 0 Å². The van der Waals surface area contributed by atoms with Gasteiger partial charge >= 0.3 is 0 Å². The molecule has 21 heavy (non-hydrogen) atoms. The third kappa shape index (κ3) is 5.98. The van der Waals surface area contributed by atoms with Gasteiger partial charge in [0.1, 0.15) is 0 Å². The van der Waals surface area contributed by atoms with Crippen LogP contribution in [0.4, 0.5) is 0 Å². The topological polar surface area (TPSA) is 30.5 Å². The van der Waals surface area contributed by atoms with Crippen molar-refractivity contribution in [2.45, 2.75) is 27.7 Å². The van der Waals surface area contributed by atoms with Crippen LogP contribution >= 0.6 is 11.6 Å². The Hall–Kier alpha value is -1.19. The summed E-state index contributed by atoms with van der Waals surface area (Å²) in [6.07, 6.45) is 2.11. The highest BCUT2D eigenvalue weighted by atomic mass is 35.5. The van der Waals surface area contributed by atoms with Crippen LogP contribution in [0.25, 0.3) is 6.08 Å². The van der Waals surface area contributed by atoms with E-state index in [1.165, 1.54) is 5.57 Å². The molecular weight excluding hydrogens is 286 g/mol. The molecular formula is C17H26ClNO2. The Morgan fingerprint density at radius 1 is 1.38 bits per heavy atom. The SMILES string of the molecule is CCOc1cc(C=C(C)CNCC(C)C)cc(Cl)c1OC. The molecule has 0 heterocycles. The summed E-state index contributed by atoms with van der Waals surface area (Å²) >= 11 is 6.25. The molecule has 3 nitrogen and oxygen atoms in total. The van der Waals surface area contributed by atoms with Crippen LogP contribution in [0.5, 0.6) is 11.5 Å². The molecule has 118 valence electrons. The second-order valence-corrected chi connectivity index (χ2v) is 5.89. The second kappa shape index (κ2) is 8.96. The number of hydrogen-bond acceptors (Lipinski definition) is 3. The van der Waals surface area contributed by atoms with Crippen molar-refractivity contribution in [3.05, 3.63) is 28.3 Å². The highest BCUT2D eigenvalue weighted by molar-refractivity contribution is 6.32. The molecule has 0 saturated carbocycles. The van der Waals surface area contributed by atoms with E-state index in [4.69, 9.17) is 21.1 Å². The van der Waals surface area contributed by atoms with E-state index in [2.05, 4.69) is 32.2 Å². The van der Waals surface area contributed by atoms with Gasteiger partial charge < -0.3 is 14.8 Å². The predicted molar refractivity (Wildman–Crippen MR) is 90.5 cm³/mol. The largest absolute Gasteiger partial charge is 0.491 e.